The van der Waals surface area contributed by atoms with Crippen molar-refractivity contribution in [2.75, 3.05) is 25.2 Å². The van der Waals surface area contributed by atoms with E-state index in [0.29, 0.717) is 12.1 Å². The quantitative estimate of drug-likeness (QED) is 0.831. The Balaban J connectivity index is 1.83. The van der Waals surface area contributed by atoms with Gasteiger partial charge in [0.1, 0.15) is 11.3 Å². The van der Waals surface area contributed by atoms with Crippen molar-refractivity contribution in [3.63, 3.8) is 0 Å². The number of methoxy groups -OCH3 is 1. The first kappa shape index (κ1) is 10.6. The van der Waals surface area contributed by atoms with Crippen molar-refractivity contribution < 1.29 is 9.47 Å². The zero-order valence-electron chi connectivity index (χ0n) is 10.1. The van der Waals surface area contributed by atoms with Gasteiger partial charge >= 0.3 is 0 Å². The van der Waals surface area contributed by atoms with Crippen molar-refractivity contribution >= 4 is 27.2 Å². The minimum absolute atomic E-state index is 0.417. The van der Waals surface area contributed by atoms with Crippen LogP contribution in [-0.4, -0.2) is 37.4 Å². The highest BCUT2D eigenvalue weighted by molar-refractivity contribution is 7.17. The molecule has 2 aliphatic heterocycles. The molecule has 4 rings (SSSR count). The molecule has 1 aromatic carbocycles. The van der Waals surface area contributed by atoms with Crippen LogP contribution in [0.25, 0.3) is 10.2 Å². The molecule has 2 fully saturated rings. The van der Waals surface area contributed by atoms with Crippen LogP contribution in [-0.2, 0) is 4.74 Å². The molecular formula is C13H14N2O2S. The van der Waals surface area contributed by atoms with E-state index in [9.17, 15) is 0 Å². The predicted octanol–water partition coefficient (Wildman–Crippen LogP) is 2.28. The largest absolute Gasteiger partial charge is 0.494 e. The Bertz CT molecular complexity index is 598. The average molecular weight is 262 g/mol. The standard InChI is InChI=1S/C13H14N2O2S/c1-16-11-3-2-10(13-12(11)14-7-18-13)15-5-9-4-8(15)6-17-9/h2-3,7-9H,4-6H2,1H3/t8-,9-/m0/s1. The van der Waals surface area contributed by atoms with E-state index >= 15 is 0 Å². The third kappa shape index (κ3) is 1.37. The summed E-state index contributed by atoms with van der Waals surface area (Å²) < 4.78 is 12.3. The number of rotatable bonds is 2. The molecule has 0 spiro atoms. The van der Waals surface area contributed by atoms with Gasteiger partial charge in [-0.05, 0) is 18.6 Å². The number of fused-ring (bicyclic) bond motifs is 3. The van der Waals surface area contributed by atoms with Crippen LogP contribution in [0.3, 0.4) is 0 Å². The van der Waals surface area contributed by atoms with E-state index in [-0.39, 0.29) is 0 Å². The number of thiazole rings is 1. The van der Waals surface area contributed by atoms with Crippen molar-refractivity contribution in [3.05, 3.63) is 17.6 Å². The molecule has 4 nitrogen and oxygen atoms in total. The Morgan fingerprint density at radius 1 is 1.50 bits per heavy atom. The second-order valence-electron chi connectivity index (χ2n) is 4.81. The van der Waals surface area contributed by atoms with Gasteiger partial charge in [-0.2, -0.15) is 0 Å². The fourth-order valence-electron chi connectivity index (χ4n) is 3.00. The van der Waals surface area contributed by atoms with E-state index in [1.807, 2.05) is 11.6 Å². The second kappa shape index (κ2) is 3.83. The molecule has 0 radical (unpaired) electrons. The molecule has 0 aliphatic carbocycles. The van der Waals surface area contributed by atoms with Gasteiger partial charge in [0.05, 0.1) is 41.8 Å². The van der Waals surface area contributed by atoms with Crippen molar-refractivity contribution in [3.8, 4) is 5.75 Å². The van der Waals surface area contributed by atoms with Gasteiger partial charge in [-0.1, -0.05) is 0 Å². The van der Waals surface area contributed by atoms with Crippen molar-refractivity contribution in [2.45, 2.75) is 18.6 Å². The topological polar surface area (TPSA) is 34.6 Å². The first-order valence-corrected chi connectivity index (χ1v) is 7.03. The summed E-state index contributed by atoms with van der Waals surface area (Å²) in [4.78, 5) is 6.89. The second-order valence-corrected chi connectivity index (χ2v) is 5.67. The van der Waals surface area contributed by atoms with Crippen molar-refractivity contribution in [2.24, 2.45) is 0 Å². The molecule has 3 heterocycles. The van der Waals surface area contributed by atoms with Gasteiger partial charge in [-0.25, -0.2) is 4.98 Å². The average Bonchev–Trinajstić information content (AvgIpc) is 3.12. The maximum absolute atomic E-state index is 5.66. The molecule has 18 heavy (non-hydrogen) atoms. The summed E-state index contributed by atoms with van der Waals surface area (Å²) in [5.74, 6) is 0.857. The lowest BCUT2D eigenvalue weighted by Gasteiger charge is -2.29. The van der Waals surface area contributed by atoms with E-state index < -0.39 is 0 Å². The minimum atomic E-state index is 0.417. The SMILES string of the molecule is COc1ccc(N2C[C@@H]3C[C@H]2CO3)c2scnc12. The summed E-state index contributed by atoms with van der Waals surface area (Å²) in [7, 11) is 1.69. The molecule has 1 aromatic heterocycles. The van der Waals surface area contributed by atoms with E-state index in [4.69, 9.17) is 9.47 Å². The van der Waals surface area contributed by atoms with Crippen molar-refractivity contribution in [1.82, 2.24) is 4.98 Å². The molecule has 0 saturated carbocycles. The van der Waals surface area contributed by atoms with Crippen LogP contribution in [0, 0.1) is 0 Å². The number of nitrogens with zero attached hydrogens (tertiary/aromatic N) is 2. The zero-order valence-corrected chi connectivity index (χ0v) is 10.9. The van der Waals surface area contributed by atoms with Gasteiger partial charge in [-0.15, -0.1) is 11.3 Å². The molecule has 0 unspecified atom stereocenters. The van der Waals surface area contributed by atoms with Crippen molar-refractivity contribution in [1.29, 1.82) is 0 Å². The van der Waals surface area contributed by atoms with Crippen LogP contribution >= 0.6 is 11.3 Å². The van der Waals surface area contributed by atoms with Crippen LogP contribution in [0.5, 0.6) is 5.75 Å². The van der Waals surface area contributed by atoms with Gasteiger partial charge in [-0.3, -0.25) is 0 Å². The van der Waals surface area contributed by atoms with E-state index in [1.54, 1.807) is 18.4 Å². The highest BCUT2D eigenvalue weighted by Gasteiger charge is 2.39. The molecule has 94 valence electrons. The zero-order chi connectivity index (χ0) is 12.1. The van der Waals surface area contributed by atoms with Gasteiger partial charge in [0.15, 0.2) is 0 Å². The fraction of sp³-hybridized carbons (Fsp3) is 0.462. The van der Waals surface area contributed by atoms with E-state index in [2.05, 4.69) is 16.0 Å². The summed E-state index contributed by atoms with van der Waals surface area (Å²) in [6, 6.07) is 4.71. The Morgan fingerprint density at radius 3 is 3.17 bits per heavy atom. The minimum Gasteiger partial charge on any atom is -0.494 e. The van der Waals surface area contributed by atoms with Gasteiger partial charge in [0.25, 0.3) is 0 Å². The number of benzene rings is 1. The fourth-order valence-corrected chi connectivity index (χ4v) is 3.83. The molecule has 0 N–H and O–H groups in total. The number of morpholine rings is 1. The van der Waals surface area contributed by atoms with Gasteiger partial charge < -0.3 is 14.4 Å². The van der Waals surface area contributed by atoms with Crippen LogP contribution < -0.4 is 9.64 Å². The summed E-state index contributed by atoms with van der Waals surface area (Å²) >= 11 is 1.68. The molecule has 2 aromatic rings. The smallest absolute Gasteiger partial charge is 0.146 e. The lowest BCUT2D eigenvalue weighted by atomic mass is 10.2. The molecule has 0 amide bonds. The first-order chi connectivity index (χ1) is 8.86. The summed E-state index contributed by atoms with van der Waals surface area (Å²) in [6.07, 6.45) is 1.58. The molecule has 5 heteroatoms. The third-order valence-electron chi connectivity index (χ3n) is 3.86. The maximum atomic E-state index is 5.66. The van der Waals surface area contributed by atoms with Crippen LogP contribution in [0.4, 0.5) is 5.69 Å². The van der Waals surface area contributed by atoms with E-state index in [1.165, 1.54) is 10.4 Å². The van der Waals surface area contributed by atoms with Gasteiger partial charge in [0, 0.05) is 6.54 Å². The maximum Gasteiger partial charge on any atom is 0.146 e. The number of hydrogen-bond acceptors (Lipinski definition) is 5. The van der Waals surface area contributed by atoms with Gasteiger partial charge in [0.2, 0.25) is 0 Å². The van der Waals surface area contributed by atoms with Crippen LogP contribution in [0.1, 0.15) is 6.42 Å². The summed E-state index contributed by atoms with van der Waals surface area (Å²) in [5, 5.41) is 0. The summed E-state index contributed by atoms with van der Waals surface area (Å²) in [5.41, 5.74) is 4.15. The number of anilines is 1. The lowest BCUT2D eigenvalue weighted by Crippen LogP contribution is -2.36. The Kier molecular flexibility index (Phi) is 2.25. The first-order valence-electron chi connectivity index (χ1n) is 6.15. The molecule has 2 bridgehead atoms. The monoisotopic (exact) mass is 262 g/mol. The number of hydrogen-bond donors (Lipinski definition) is 0. The van der Waals surface area contributed by atoms with Crippen LogP contribution in [0.15, 0.2) is 17.6 Å². The third-order valence-corrected chi connectivity index (χ3v) is 4.70. The molecule has 2 aliphatic rings. The molecule has 2 atom stereocenters. The normalized spacial score (nSPS) is 26.2. The number of ether oxygens (including phenoxy) is 2. The molecular weight excluding hydrogens is 248 g/mol. The highest BCUT2D eigenvalue weighted by Crippen LogP contribution is 2.40. The predicted molar refractivity (Wildman–Crippen MR) is 71.7 cm³/mol. The Labute approximate surface area is 109 Å². The molecule has 2 saturated heterocycles. The van der Waals surface area contributed by atoms with Crippen LogP contribution in [0.2, 0.25) is 0 Å². The lowest BCUT2D eigenvalue weighted by molar-refractivity contribution is 0.0992. The Hall–Kier alpha value is -1.33. The highest BCUT2D eigenvalue weighted by atomic mass is 32.1. The van der Waals surface area contributed by atoms with E-state index in [0.717, 1.165) is 30.8 Å². The Morgan fingerprint density at radius 2 is 2.44 bits per heavy atom. The summed E-state index contributed by atoms with van der Waals surface area (Å²) in [6.45, 7) is 1.86. The number of aromatic nitrogens is 1.